The van der Waals surface area contributed by atoms with Gasteiger partial charge in [0.1, 0.15) is 0 Å². The van der Waals surface area contributed by atoms with Crippen molar-refractivity contribution in [1.29, 1.82) is 0 Å². The van der Waals surface area contributed by atoms with Crippen LogP contribution in [0.3, 0.4) is 0 Å². The highest BCUT2D eigenvalue weighted by molar-refractivity contribution is 5.89. The number of amides is 1. The zero-order chi connectivity index (χ0) is 13.2. The van der Waals surface area contributed by atoms with Gasteiger partial charge in [-0.2, -0.15) is 0 Å². The number of rotatable bonds is 3. The Balaban J connectivity index is 2.98. The van der Waals surface area contributed by atoms with E-state index in [-0.39, 0.29) is 18.9 Å². The zero-order valence-corrected chi connectivity index (χ0v) is 10.4. The van der Waals surface area contributed by atoms with Crippen molar-refractivity contribution in [1.82, 2.24) is 4.90 Å². The molecule has 1 unspecified atom stereocenters. The predicted octanol–water partition coefficient (Wildman–Crippen LogP) is 1.18. The van der Waals surface area contributed by atoms with Gasteiger partial charge in [-0.25, -0.2) is 0 Å². The molecule has 1 fully saturated rings. The van der Waals surface area contributed by atoms with Gasteiger partial charge in [0, 0.05) is 11.1 Å². The summed E-state index contributed by atoms with van der Waals surface area (Å²) in [6, 6.07) is 0. The predicted molar refractivity (Wildman–Crippen MR) is 63.6 cm³/mol. The molecule has 1 amide bonds. The number of methoxy groups -OCH3 is 1. The molecule has 1 saturated heterocycles. The molecule has 0 aliphatic carbocycles. The topological polar surface area (TPSA) is 46.6 Å². The molecule has 0 spiro atoms. The molecule has 4 nitrogen and oxygen atoms in total. The molecule has 0 saturated carbocycles. The largest absolute Gasteiger partial charge is 0.469 e. The van der Waals surface area contributed by atoms with Gasteiger partial charge in [-0.15, -0.1) is 6.42 Å². The lowest BCUT2D eigenvalue weighted by molar-refractivity contribution is -0.145. The minimum Gasteiger partial charge on any atom is -0.469 e. The van der Waals surface area contributed by atoms with Crippen molar-refractivity contribution in [3.63, 3.8) is 0 Å². The lowest BCUT2D eigenvalue weighted by Gasteiger charge is -2.24. The number of hydrogen-bond donors (Lipinski definition) is 0. The van der Waals surface area contributed by atoms with Crippen LogP contribution in [0, 0.1) is 23.7 Å². The minimum absolute atomic E-state index is 0.0580. The van der Waals surface area contributed by atoms with Crippen LogP contribution in [0.15, 0.2) is 12.3 Å². The Morgan fingerprint density at radius 1 is 1.65 bits per heavy atom. The van der Waals surface area contributed by atoms with Crippen molar-refractivity contribution < 1.29 is 14.3 Å². The van der Waals surface area contributed by atoms with Crippen molar-refractivity contribution >= 4 is 11.9 Å². The summed E-state index contributed by atoms with van der Waals surface area (Å²) in [5.74, 6) is 1.43. The van der Waals surface area contributed by atoms with Gasteiger partial charge in [-0.1, -0.05) is 26.3 Å². The second-order valence-corrected chi connectivity index (χ2v) is 4.63. The minimum atomic E-state index is -0.470. The molecule has 0 bridgehead atoms. The van der Waals surface area contributed by atoms with Crippen LogP contribution in [0.4, 0.5) is 0 Å². The maximum Gasteiger partial charge on any atom is 0.306 e. The molecular formula is C13H17NO3. The second kappa shape index (κ2) is 4.62. The first kappa shape index (κ1) is 13.3. The van der Waals surface area contributed by atoms with Gasteiger partial charge in [0.15, 0.2) is 0 Å². The number of allylic oxidation sites excluding steroid dienone is 1. The van der Waals surface area contributed by atoms with E-state index >= 15 is 0 Å². The first-order valence-electron chi connectivity index (χ1n) is 5.37. The van der Waals surface area contributed by atoms with Crippen molar-refractivity contribution in [2.45, 2.75) is 20.3 Å². The highest BCUT2D eigenvalue weighted by Gasteiger charge is 2.49. The van der Waals surface area contributed by atoms with E-state index in [0.29, 0.717) is 5.70 Å². The number of terminal acetylenes is 1. The molecule has 1 rings (SSSR count). The molecule has 1 heterocycles. The zero-order valence-electron chi connectivity index (χ0n) is 10.4. The average molecular weight is 235 g/mol. The smallest absolute Gasteiger partial charge is 0.306 e. The third-order valence-corrected chi connectivity index (χ3v) is 3.35. The maximum atomic E-state index is 12.1. The maximum absolute atomic E-state index is 12.1. The Morgan fingerprint density at radius 3 is 2.71 bits per heavy atom. The van der Waals surface area contributed by atoms with E-state index in [2.05, 4.69) is 17.2 Å². The lowest BCUT2D eigenvalue weighted by Crippen LogP contribution is -2.28. The Morgan fingerprint density at radius 2 is 2.24 bits per heavy atom. The highest BCUT2D eigenvalue weighted by Crippen LogP contribution is 2.45. The molecular weight excluding hydrogens is 218 g/mol. The number of hydrogen-bond acceptors (Lipinski definition) is 3. The molecule has 0 aromatic rings. The van der Waals surface area contributed by atoms with Gasteiger partial charge in [0.25, 0.3) is 0 Å². The van der Waals surface area contributed by atoms with Crippen LogP contribution < -0.4 is 0 Å². The number of carbonyl (C=O) groups is 2. The summed E-state index contributed by atoms with van der Waals surface area (Å²) < 4.78 is 4.60. The van der Waals surface area contributed by atoms with E-state index in [4.69, 9.17) is 6.42 Å². The Kier molecular flexibility index (Phi) is 3.62. The van der Waals surface area contributed by atoms with E-state index in [1.54, 1.807) is 0 Å². The molecule has 1 atom stereocenters. The summed E-state index contributed by atoms with van der Waals surface area (Å²) in [6.45, 7) is 7.86. The molecule has 17 heavy (non-hydrogen) atoms. The molecule has 1 aliphatic heterocycles. The summed E-state index contributed by atoms with van der Waals surface area (Å²) in [5.41, 5.74) is 0.191. The van der Waals surface area contributed by atoms with Crippen LogP contribution in [0.25, 0.3) is 0 Å². The van der Waals surface area contributed by atoms with Gasteiger partial charge < -0.3 is 9.64 Å². The summed E-state index contributed by atoms with van der Waals surface area (Å²) >= 11 is 0. The van der Waals surface area contributed by atoms with Gasteiger partial charge in [0.2, 0.25) is 5.91 Å². The third kappa shape index (κ3) is 2.19. The highest BCUT2D eigenvalue weighted by atomic mass is 16.5. The van der Waals surface area contributed by atoms with E-state index in [1.165, 1.54) is 12.0 Å². The summed E-state index contributed by atoms with van der Waals surface area (Å²) in [7, 11) is 1.31. The second-order valence-electron chi connectivity index (χ2n) is 4.63. The SMILES string of the molecule is C#CCN1C(=C)C(C)(C)C(CC(=O)OC)C1=O. The van der Waals surface area contributed by atoms with Gasteiger partial charge in [0.05, 0.1) is 26.0 Å². The summed E-state index contributed by atoms with van der Waals surface area (Å²) in [6.07, 6.45) is 5.28. The van der Waals surface area contributed by atoms with Crippen molar-refractivity contribution in [2.75, 3.05) is 13.7 Å². The van der Waals surface area contributed by atoms with Crippen LogP contribution in [0.5, 0.6) is 0 Å². The molecule has 0 N–H and O–H groups in total. The summed E-state index contributed by atoms with van der Waals surface area (Å²) in [5, 5.41) is 0. The molecule has 0 radical (unpaired) electrons. The number of nitrogens with zero attached hydrogens (tertiary/aromatic N) is 1. The third-order valence-electron chi connectivity index (χ3n) is 3.35. The first-order valence-corrected chi connectivity index (χ1v) is 5.37. The number of likely N-dealkylation sites (tertiary alicyclic amines) is 1. The van der Waals surface area contributed by atoms with Crippen LogP contribution in [0.1, 0.15) is 20.3 Å². The van der Waals surface area contributed by atoms with Gasteiger partial charge in [-0.3, -0.25) is 9.59 Å². The normalized spacial score (nSPS) is 22.5. The van der Waals surface area contributed by atoms with Crippen molar-refractivity contribution in [3.8, 4) is 12.3 Å². The molecule has 0 aromatic heterocycles. The number of ether oxygens (including phenoxy) is 1. The summed E-state index contributed by atoms with van der Waals surface area (Å²) in [4.78, 5) is 24.9. The fourth-order valence-corrected chi connectivity index (χ4v) is 2.04. The quantitative estimate of drug-likeness (QED) is 0.545. The average Bonchev–Trinajstić information content (AvgIpc) is 2.43. The lowest BCUT2D eigenvalue weighted by atomic mass is 9.78. The van der Waals surface area contributed by atoms with Crippen LogP contribution in [-0.4, -0.2) is 30.4 Å². The fraction of sp³-hybridized carbons (Fsp3) is 0.538. The van der Waals surface area contributed by atoms with E-state index in [9.17, 15) is 9.59 Å². The van der Waals surface area contributed by atoms with Crippen molar-refractivity contribution in [2.24, 2.45) is 11.3 Å². The van der Waals surface area contributed by atoms with Crippen LogP contribution >= 0.6 is 0 Å². The Labute approximate surface area is 102 Å². The van der Waals surface area contributed by atoms with Gasteiger partial charge >= 0.3 is 5.97 Å². The Hall–Kier alpha value is -1.76. The molecule has 1 aliphatic rings. The van der Waals surface area contributed by atoms with Crippen molar-refractivity contribution in [3.05, 3.63) is 12.3 Å². The van der Waals surface area contributed by atoms with Crippen LogP contribution in [-0.2, 0) is 14.3 Å². The fourth-order valence-electron chi connectivity index (χ4n) is 2.04. The monoisotopic (exact) mass is 235 g/mol. The van der Waals surface area contributed by atoms with E-state index in [1.807, 2.05) is 13.8 Å². The number of esters is 1. The number of carbonyl (C=O) groups excluding carboxylic acids is 2. The first-order chi connectivity index (χ1) is 7.86. The molecule has 4 heteroatoms. The van der Waals surface area contributed by atoms with E-state index in [0.717, 1.165) is 0 Å². The van der Waals surface area contributed by atoms with E-state index < -0.39 is 17.3 Å². The standard InChI is InChI=1S/C13H17NO3/c1-6-7-14-9(2)13(3,4)10(12(14)16)8-11(15)17-5/h1,10H,2,7-8H2,3-5H3. The van der Waals surface area contributed by atoms with Crippen LogP contribution in [0.2, 0.25) is 0 Å². The molecule has 92 valence electrons. The molecule has 0 aromatic carbocycles. The van der Waals surface area contributed by atoms with Gasteiger partial charge in [-0.05, 0) is 0 Å². The Bertz CT molecular complexity index is 403.